The molecule has 0 aromatic rings. The predicted molar refractivity (Wildman–Crippen MR) is 418 cm³/mol. The number of allylic oxidation sites excluding steroid dienone is 20. The number of carbonyl (C=O) groups is 4. The predicted octanol–water partition coefficient (Wildman–Crippen LogP) is 23.1. The van der Waals surface area contributed by atoms with Crippen molar-refractivity contribution in [2.45, 2.75) is 341 Å². The lowest BCUT2D eigenvalue weighted by Gasteiger charge is -2.21. The Bertz CT molecular complexity index is 2410. The Morgan fingerprint density at radius 1 is 0.284 bits per heavy atom. The highest BCUT2D eigenvalue weighted by Crippen LogP contribution is 2.45. The van der Waals surface area contributed by atoms with Crippen LogP contribution < -0.4 is 0 Å². The lowest BCUT2D eigenvalue weighted by atomic mass is 10.0. The molecule has 0 amide bonds. The molecule has 0 aliphatic rings. The van der Waals surface area contributed by atoms with Crippen LogP contribution in [0.5, 0.6) is 0 Å². The van der Waals surface area contributed by atoms with Crippen molar-refractivity contribution in [1.82, 2.24) is 0 Å². The number of hydrogen-bond acceptors (Lipinski definition) is 15. The molecule has 0 saturated carbocycles. The topological polar surface area (TPSA) is 237 Å². The third-order valence-corrected chi connectivity index (χ3v) is 18.3. The molecule has 0 aromatic heterocycles. The maximum absolute atomic E-state index is 13.1. The summed E-state index contributed by atoms with van der Waals surface area (Å²) in [6.07, 6.45) is 81.8. The molecule has 0 aromatic carbocycles. The van der Waals surface area contributed by atoms with Gasteiger partial charge in [-0.15, -0.1) is 0 Å². The van der Waals surface area contributed by atoms with Crippen molar-refractivity contribution in [3.63, 3.8) is 0 Å². The molecule has 0 radical (unpaired) electrons. The van der Waals surface area contributed by atoms with Gasteiger partial charge in [0.25, 0.3) is 0 Å². The van der Waals surface area contributed by atoms with Gasteiger partial charge in [-0.1, -0.05) is 284 Å². The van der Waals surface area contributed by atoms with Crippen molar-refractivity contribution in [3.8, 4) is 0 Å². The van der Waals surface area contributed by atoms with E-state index >= 15 is 0 Å². The molecule has 0 aliphatic heterocycles. The first-order chi connectivity index (χ1) is 49.7. The van der Waals surface area contributed by atoms with Gasteiger partial charge in [-0.2, -0.15) is 0 Å². The number of phosphoric acid groups is 2. The van der Waals surface area contributed by atoms with Crippen LogP contribution in [0.3, 0.4) is 0 Å². The minimum absolute atomic E-state index is 0.0774. The van der Waals surface area contributed by atoms with Gasteiger partial charge in [0, 0.05) is 25.7 Å². The van der Waals surface area contributed by atoms with Crippen LogP contribution in [0.1, 0.15) is 323 Å². The first-order valence-corrected chi connectivity index (χ1v) is 42.8. The maximum Gasteiger partial charge on any atom is 0.472 e. The highest BCUT2D eigenvalue weighted by molar-refractivity contribution is 7.47. The van der Waals surface area contributed by atoms with Crippen molar-refractivity contribution in [2.75, 3.05) is 39.6 Å². The second kappa shape index (κ2) is 74.7. The molecule has 0 heterocycles. The number of ether oxygens (including phenoxy) is 4. The van der Waals surface area contributed by atoms with E-state index in [9.17, 15) is 43.2 Å². The van der Waals surface area contributed by atoms with Crippen LogP contribution in [0.4, 0.5) is 0 Å². The summed E-state index contributed by atoms with van der Waals surface area (Å²) in [5, 5.41) is 10.6. The molecule has 102 heavy (non-hydrogen) atoms. The quantitative estimate of drug-likeness (QED) is 0.0169. The Labute approximate surface area is 619 Å². The third-order valence-electron chi connectivity index (χ3n) is 16.4. The highest BCUT2D eigenvalue weighted by Gasteiger charge is 2.30. The normalized spacial score (nSPS) is 14.5. The summed E-state index contributed by atoms with van der Waals surface area (Å²) in [6, 6.07) is 0. The average molecular weight is 1470 g/mol. The van der Waals surface area contributed by atoms with Crippen molar-refractivity contribution in [3.05, 3.63) is 122 Å². The van der Waals surface area contributed by atoms with Gasteiger partial charge >= 0.3 is 39.5 Å². The van der Waals surface area contributed by atoms with E-state index in [0.717, 1.165) is 167 Å². The van der Waals surface area contributed by atoms with Crippen molar-refractivity contribution in [1.29, 1.82) is 0 Å². The van der Waals surface area contributed by atoms with Crippen molar-refractivity contribution in [2.24, 2.45) is 0 Å². The van der Waals surface area contributed by atoms with Gasteiger partial charge in [0.05, 0.1) is 26.4 Å². The van der Waals surface area contributed by atoms with E-state index in [-0.39, 0.29) is 25.7 Å². The van der Waals surface area contributed by atoms with Crippen LogP contribution in [0.2, 0.25) is 0 Å². The van der Waals surface area contributed by atoms with E-state index in [1.807, 2.05) is 0 Å². The summed E-state index contributed by atoms with van der Waals surface area (Å²) in [7, 11) is -9.97. The van der Waals surface area contributed by atoms with Crippen molar-refractivity contribution < 1.29 is 80.2 Å². The molecular weight excluding hydrogens is 1330 g/mol. The lowest BCUT2D eigenvalue weighted by Crippen LogP contribution is -2.30. The molecule has 0 bridgehead atoms. The number of aliphatic hydroxyl groups excluding tert-OH is 1. The molecule has 5 unspecified atom stereocenters. The first kappa shape index (κ1) is 97.5. The Morgan fingerprint density at radius 3 is 0.814 bits per heavy atom. The van der Waals surface area contributed by atoms with E-state index in [2.05, 4.69) is 149 Å². The average Bonchev–Trinajstić information content (AvgIpc) is 0.909. The molecule has 0 fully saturated rings. The number of esters is 4. The lowest BCUT2D eigenvalue weighted by molar-refractivity contribution is -0.161. The fourth-order valence-electron chi connectivity index (χ4n) is 10.4. The first-order valence-electron chi connectivity index (χ1n) is 39.8. The molecule has 586 valence electrons. The van der Waals surface area contributed by atoms with Crippen LogP contribution in [-0.4, -0.2) is 96.7 Å². The second-order valence-corrected chi connectivity index (χ2v) is 29.2. The zero-order chi connectivity index (χ0) is 74.6. The minimum Gasteiger partial charge on any atom is -0.462 e. The van der Waals surface area contributed by atoms with Gasteiger partial charge in [0.2, 0.25) is 0 Å². The van der Waals surface area contributed by atoms with Gasteiger partial charge in [0.15, 0.2) is 12.2 Å². The summed E-state index contributed by atoms with van der Waals surface area (Å²) in [5.41, 5.74) is 0. The zero-order valence-electron chi connectivity index (χ0n) is 64.0. The van der Waals surface area contributed by atoms with Crippen LogP contribution in [0.25, 0.3) is 0 Å². The van der Waals surface area contributed by atoms with E-state index < -0.39 is 97.5 Å². The summed E-state index contributed by atoms with van der Waals surface area (Å²) in [4.78, 5) is 73.0. The molecule has 5 atom stereocenters. The van der Waals surface area contributed by atoms with Gasteiger partial charge in [-0.25, -0.2) is 9.13 Å². The monoisotopic (exact) mass is 1470 g/mol. The largest absolute Gasteiger partial charge is 0.472 e. The van der Waals surface area contributed by atoms with E-state index in [1.165, 1.54) is 77.0 Å². The van der Waals surface area contributed by atoms with Gasteiger partial charge in [0.1, 0.15) is 19.3 Å². The van der Waals surface area contributed by atoms with Gasteiger partial charge in [-0.05, 0) is 135 Å². The fraction of sp³-hybridized carbons (Fsp3) is 0.711. The maximum atomic E-state index is 13.1. The second-order valence-electron chi connectivity index (χ2n) is 26.2. The molecule has 19 heteroatoms. The minimum atomic E-state index is -4.99. The molecule has 17 nitrogen and oxygen atoms in total. The number of hydrogen-bond donors (Lipinski definition) is 3. The highest BCUT2D eigenvalue weighted by atomic mass is 31.2. The number of aliphatic hydroxyl groups is 1. The summed E-state index contributed by atoms with van der Waals surface area (Å²) >= 11 is 0. The standard InChI is InChI=1S/C83H142O17P2/c1-5-9-13-17-21-25-29-33-35-37-38-40-42-46-48-52-56-60-64-68-81(86)94-74-79(100-83(88)70-66-62-58-54-50-44-32-28-24-20-16-12-8-4)76-98-102(91,92)96-72-77(84)71-95-101(89,90)97-75-78(99-82(87)69-65-61-57-53-49-43-31-27-23-19-15-11-7-3)73-93-80(85)67-63-59-55-51-47-45-41-39-36-34-30-26-22-18-14-10-6-2/h9-10,13-14,21-22,25-27,31,33-36,38,40-41,45-46,48,77-79,84H,5-8,11-12,15-20,23-24,28-30,32,37,39,42-44,47,49-76H2,1-4H3,(H,89,90)(H,91,92)/b13-9-,14-10-,25-21-,26-22-,31-27-,35-33-,36-34-,40-38-,45-41-,48-46-. The number of unbranched alkanes of at least 4 members (excludes halogenated alkanes) is 28. The smallest absolute Gasteiger partial charge is 0.462 e. The number of rotatable bonds is 74. The third kappa shape index (κ3) is 73.8. The number of carbonyl (C=O) groups excluding carboxylic acids is 4. The molecule has 0 rings (SSSR count). The Hall–Kier alpha value is -4.54. The Morgan fingerprint density at radius 2 is 0.510 bits per heavy atom. The van der Waals surface area contributed by atoms with E-state index in [4.69, 9.17) is 37.0 Å². The Balaban J connectivity index is 5.38. The summed E-state index contributed by atoms with van der Waals surface area (Å²) in [6.45, 7) is 4.58. The molecule has 0 saturated heterocycles. The van der Waals surface area contributed by atoms with Gasteiger partial charge in [-0.3, -0.25) is 37.3 Å². The van der Waals surface area contributed by atoms with Crippen molar-refractivity contribution >= 4 is 39.5 Å². The van der Waals surface area contributed by atoms with Gasteiger partial charge < -0.3 is 33.8 Å². The number of phosphoric ester groups is 2. The summed E-state index contributed by atoms with van der Waals surface area (Å²) in [5.74, 6) is -2.24. The van der Waals surface area contributed by atoms with Crippen LogP contribution in [0, 0.1) is 0 Å². The molecule has 0 spiro atoms. The molecule has 0 aliphatic carbocycles. The van der Waals surface area contributed by atoms with E-state index in [0.29, 0.717) is 25.7 Å². The van der Waals surface area contributed by atoms with Crippen LogP contribution in [0.15, 0.2) is 122 Å². The van der Waals surface area contributed by atoms with Crippen LogP contribution in [-0.2, 0) is 65.4 Å². The SMILES string of the molecule is CC/C=C\C/C=C\C/C=C\C/C=C\C/C=C\CCCCCC(=O)OCC(COP(=O)(O)OCC(O)COP(=O)(O)OCC(COC(=O)CCCCCC/C=C\C/C=C\C/C=C\C/C=C\CC)OC(=O)CCCCCCC/C=C\CCCCCC)OC(=O)CCCCCCCCCCCCCCC. The Kier molecular flexibility index (Phi) is 71.4. The summed E-state index contributed by atoms with van der Waals surface area (Å²) < 4.78 is 68.5. The zero-order valence-corrected chi connectivity index (χ0v) is 65.8. The molecular formula is C83H142O17P2. The fourth-order valence-corrected chi connectivity index (χ4v) is 12.0. The van der Waals surface area contributed by atoms with E-state index in [1.54, 1.807) is 0 Å². The van der Waals surface area contributed by atoms with Crippen LogP contribution >= 0.6 is 15.6 Å². The molecule has 3 N–H and O–H groups in total.